The van der Waals surface area contributed by atoms with Crippen LogP contribution < -0.4 is 0 Å². The van der Waals surface area contributed by atoms with Crippen LogP contribution in [0, 0.1) is 0 Å². The number of carbonyl (C=O) groups is 1. The van der Waals surface area contributed by atoms with Gasteiger partial charge in [-0.3, -0.25) is 4.90 Å². The standard InChI is InChI=1S/C10H16N2O/c1-9(2)11(3)10(13)12-7-5-4-6-8-12/h4-7,9H,8H2,1-3H3. The van der Waals surface area contributed by atoms with Crippen molar-refractivity contribution in [3.8, 4) is 0 Å². The molecule has 1 aliphatic rings. The van der Waals surface area contributed by atoms with Crippen LogP contribution in [0.15, 0.2) is 24.4 Å². The van der Waals surface area contributed by atoms with Gasteiger partial charge in [0, 0.05) is 25.8 Å². The molecular weight excluding hydrogens is 164 g/mol. The summed E-state index contributed by atoms with van der Waals surface area (Å²) in [5.74, 6) is 0. The van der Waals surface area contributed by atoms with Crippen molar-refractivity contribution in [3.05, 3.63) is 24.4 Å². The summed E-state index contributed by atoms with van der Waals surface area (Å²) in [5, 5.41) is 0. The third-order valence-electron chi connectivity index (χ3n) is 2.14. The van der Waals surface area contributed by atoms with Gasteiger partial charge in [-0.25, -0.2) is 4.79 Å². The molecule has 0 saturated heterocycles. The second-order valence-corrected chi connectivity index (χ2v) is 3.41. The third kappa shape index (κ3) is 2.34. The molecule has 0 aliphatic carbocycles. The number of hydrogen-bond donors (Lipinski definition) is 0. The van der Waals surface area contributed by atoms with Gasteiger partial charge in [-0.15, -0.1) is 0 Å². The van der Waals surface area contributed by atoms with E-state index in [0.717, 1.165) is 0 Å². The second kappa shape index (κ2) is 4.12. The Morgan fingerprint density at radius 2 is 2.15 bits per heavy atom. The van der Waals surface area contributed by atoms with E-state index in [9.17, 15) is 4.79 Å². The molecule has 2 amide bonds. The number of amides is 2. The monoisotopic (exact) mass is 180 g/mol. The topological polar surface area (TPSA) is 23.6 Å². The van der Waals surface area contributed by atoms with E-state index in [1.54, 1.807) is 16.0 Å². The molecule has 0 saturated carbocycles. The summed E-state index contributed by atoms with van der Waals surface area (Å²) in [4.78, 5) is 15.1. The summed E-state index contributed by atoms with van der Waals surface area (Å²) < 4.78 is 0. The molecule has 1 rings (SSSR count). The fourth-order valence-corrected chi connectivity index (χ4v) is 1.03. The van der Waals surface area contributed by atoms with E-state index in [1.807, 2.05) is 39.1 Å². The molecule has 1 heterocycles. The van der Waals surface area contributed by atoms with Crippen LogP contribution in [0.4, 0.5) is 4.79 Å². The van der Waals surface area contributed by atoms with Gasteiger partial charge in [0.25, 0.3) is 0 Å². The van der Waals surface area contributed by atoms with Crippen LogP contribution in [-0.2, 0) is 0 Å². The minimum atomic E-state index is 0.0515. The van der Waals surface area contributed by atoms with Gasteiger partial charge in [0.05, 0.1) is 0 Å². The van der Waals surface area contributed by atoms with Gasteiger partial charge in [-0.1, -0.05) is 12.2 Å². The van der Waals surface area contributed by atoms with Crippen LogP contribution in [-0.4, -0.2) is 35.5 Å². The number of hydrogen-bond acceptors (Lipinski definition) is 1. The molecule has 0 bridgehead atoms. The first kappa shape index (κ1) is 9.84. The lowest BCUT2D eigenvalue weighted by Gasteiger charge is -2.28. The number of allylic oxidation sites excluding steroid dienone is 2. The first-order valence-electron chi connectivity index (χ1n) is 4.49. The molecule has 0 aromatic rings. The lowest BCUT2D eigenvalue weighted by atomic mass is 10.3. The first-order valence-corrected chi connectivity index (χ1v) is 4.49. The summed E-state index contributed by atoms with van der Waals surface area (Å²) in [6, 6.07) is 0.294. The van der Waals surface area contributed by atoms with Crippen LogP contribution in [0.2, 0.25) is 0 Å². The summed E-state index contributed by atoms with van der Waals surface area (Å²) >= 11 is 0. The summed E-state index contributed by atoms with van der Waals surface area (Å²) in [5.41, 5.74) is 0. The van der Waals surface area contributed by atoms with Gasteiger partial charge in [0.2, 0.25) is 0 Å². The average molecular weight is 180 g/mol. The zero-order chi connectivity index (χ0) is 9.84. The predicted molar refractivity (Wildman–Crippen MR) is 53.3 cm³/mol. The fourth-order valence-electron chi connectivity index (χ4n) is 1.03. The number of nitrogens with zero attached hydrogens (tertiary/aromatic N) is 2. The second-order valence-electron chi connectivity index (χ2n) is 3.41. The molecule has 0 atom stereocenters. The van der Waals surface area contributed by atoms with Crippen molar-refractivity contribution in [2.45, 2.75) is 19.9 Å². The summed E-state index contributed by atoms with van der Waals surface area (Å²) in [6.07, 6.45) is 7.59. The maximum Gasteiger partial charge on any atom is 0.324 e. The first-order chi connectivity index (χ1) is 6.13. The number of carbonyl (C=O) groups excluding carboxylic acids is 1. The minimum absolute atomic E-state index is 0.0515. The Bertz CT molecular complexity index is 243. The molecular formula is C10H16N2O. The van der Waals surface area contributed by atoms with Crippen LogP contribution in [0.25, 0.3) is 0 Å². The molecule has 0 aromatic carbocycles. The van der Waals surface area contributed by atoms with Crippen molar-refractivity contribution in [3.63, 3.8) is 0 Å². The van der Waals surface area contributed by atoms with Crippen LogP contribution >= 0.6 is 0 Å². The van der Waals surface area contributed by atoms with Crippen molar-refractivity contribution in [1.29, 1.82) is 0 Å². The van der Waals surface area contributed by atoms with Gasteiger partial charge in [0.1, 0.15) is 0 Å². The maximum atomic E-state index is 11.7. The molecule has 0 spiro atoms. The van der Waals surface area contributed by atoms with Gasteiger partial charge in [-0.05, 0) is 19.9 Å². The minimum Gasteiger partial charge on any atom is -0.325 e. The van der Waals surface area contributed by atoms with Gasteiger partial charge in [0.15, 0.2) is 0 Å². The number of rotatable bonds is 1. The highest BCUT2D eigenvalue weighted by Crippen LogP contribution is 2.05. The Labute approximate surface area is 79.3 Å². The Morgan fingerprint density at radius 3 is 2.62 bits per heavy atom. The van der Waals surface area contributed by atoms with Crippen LogP contribution in [0.1, 0.15) is 13.8 Å². The molecule has 3 nitrogen and oxygen atoms in total. The van der Waals surface area contributed by atoms with Gasteiger partial charge in [-0.2, -0.15) is 0 Å². The van der Waals surface area contributed by atoms with E-state index in [0.29, 0.717) is 6.54 Å². The molecule has 13 heavy (non-hydrogen) atoms. The van der Waals surface area contributed by atoms with Crippen molar-refractivity contribution < 1.29 is 4.79 Å². The smallest absolute Gasteiger partial charge is 0.324 e. The lowest BCUT2D eigenvalue weighted by molar-refractivity contribution is 0.172. The average Bonchev–Trinajstić information content (AvgIpc) is 2.17. The van der Waals surface area contributed by atoms with E-state index in [-0.39, 0.29) is 12.1 Å². The van der Waals surface area contributed by atoms with E-state index in [2.05, 4.69) is 0 Å². The normalized spacial score (nSPS) is 15.2. The fraction of sp³-hybridized carbons (Fsp3) is 0.500. The van der Waals surface area contributed by atoms with Gasteiger partial charge >= 0.3 is 6.03 Å². The molecule has 3 heteroatoms. The molecule has 0 aromatic heterocycles. The molecule has 0 radical (unpaired) electrons. The van der Waals surface area contributed by atoms with Crippen LogP contribution in [0.5, 0.6) is 0 Å². The van der Waals surface area contributed by atoms with E-state index >= 15 is 0 Å². The Balaban J connectivity index is 2.57. The summed E-state index contributed by atoms with van der Waals surface area (Å²) in [6.45, 7) is 4.68. The highest BCUT2D eigenvalue weighted by Gasteiger charge is 2.17. The van der Waals surface area contributed by atoms with E-state index in [1.165, 1.54) is 0 Å². The Hall–Kier alpha value is -1.25. The maximum absolute atomic E-state index is 11.7. The van der Waals surface area contributed by atoms with Crippen molar-refractivity contribution >= 4 is 6.03 Å². The Kier molecular flexibility index (Phi) is 3.12. The Morgan fingerprint density at radius 1 is 1.46 bits per heavy atom. The van der Waals surface area contributed by atoms with E-state index in [4.69, 9.17) is 0 Å². The predicted octanol–water partition coefficient (Wildman–Crippen LogP) is 1.83. The number of urea groups is 1. The SMILES string of the molecule is CC(C)N(C)C(=O)N1C=CC=CC1. The highest BCUT2D eigenvalue weighted by atomic mass is 16.2. The molecule has 1 aliphatic heterocycles. The quantitative estimate of drug-likeness (QED) is 0.604. The lowest BCUT2D eigenvalue weighted by Crippen LogP contribution is -2.42. The van der Waals surface area contributed by atoms with Gasteiger partial charge < -0.3 is 4.90 Å². The largest absolute Gasteiger partial charge is 0.325 e. The molecule has 0 N–H and O–H groups in total. The van der Waals surface area contributed by atoms with E-state index < -0.39 is 0 Å². The van der Waals surface area contributed by atoms with Crippen molar-refractivity contribution in [1.82, 2.24) is 9.80 Å². The molecule has 0 unspecified atom stereocenters. The molecule has 0 fully saturated rings. The molecule has 72 valence electrons. The zero-order valence-corrected chi connectivity index (χ0v) is 8.40. The third-order valence-corrected chi connectivity index (χ3v) is 2.14. The van der Waals surface area contributed by atoms with Crippen molar-refractivity contribution in [2.24, 2.45) is 0 Å². The van der Waals surface area contributed by atoms with Crippen LogP contribution in [0.3, 0.4) is 0 Å². The highest BCUT2D eigenvalue weighted by molar-refractivity contribution is 5.76. The summed E-state index contributed by atoms with van der Waals surface area (Å²) in [7, 11) is 1.82. The zero-order valence-electron chi connectivity index (χ0n) is 8.40. The van der Waals surface area contributed by atoms with Crippen molar-refractivity contribution in [2.75, 3.05) is 13.6 Å².